The van der Waals surface area contributed by atoms with E-state index in [9.17, 15) is 8.78 Å². The zero-order chi connectivity index (χ0) is 27.9. The standard InChI is InChI=1S/C29H33F2N9/c1-4-19(17-39-7-6-29(30,31)18-39)12-20(5-2)21-13-22-25(36-37-27(22)33-14-21)28-34-23-15-32-16-24(26(23)35-28)40-10-8-38(3)9-11-40/h4-5,12-16H,1,6-11,17-18H2,2-3H3,(H,34,35)(H,33,36,37). The van der Waals surface area contributed by atoms with Crippen LogP contribution in [0.1, 0.15) is 18.9 Å². The number of nitrogens with zero attached hydrogens (tertiary/aromatic N) is 7. The van der Waals surface area contributed by atoms with E-state index in [4.69, 9.17) is 4.98 Å². The van der Waals surface area contributed by atoms with E-state index in [1.807, 2.05) is 31.3 Å². The summed E-state index contributed by atoms with van der Waals surface area (Å²) in [4.78, 5) is 23.8. The van der Waals surface area contributed by atoms with Gasteiger partial charge in [-0.3, -0.25) is 15.0 Å². The van der Waals surface area contributed by atoms with Gasteiger partial charge in [-0.1, -0.05) is 24.8 Å². The number of aromatic nitrogens is 6. The molecular weight excluding hydrogens is 512 g/mol. The molecule has 2 aliphatic heterocycles. The van der Waals surface area contributed by atoms with Gasteiger partial charge in [-0.15, -0.1) is 0 Å². The highest BCUT2D eigenvalue weighted by Crippen LogP contribution is 2.32. The highest BCUT2D eigenvalue weighted by atomic mass is 19.3. The third-order valence-electron chi connectivity index (χ3n) is 7.77. The molecule has 40 heavy (non-hydrogen) atoms. The quantitative estimate of drug-likeness (QED) is 0.330. The Balaban J connectivity index is 1.31. The molecule has 4 aromatic rings. The maximum Gasteiger partial charge on any atom is 0.261 e. The summed E-state index contributed by atoms with van der Waals surface area (Å²) in [5, 5.41) is 8.36. The maximum atomic E-state index is 13.7. The predicted octanol–water partition coefficient (Wildman–Crippen LogP) is 4.50. The molecule has 2 N–H and O–H groups in total. The molecule has 0 amide bonds. The van der Waals surface area contributed by atoms with E-state index >= 15 is 0 Å². The average Bonchev–Trinajstić information content (AvgIpc) is 3.66. The lowest BCUT2D eigenvalue weighted by atomic mass is 10.0. The van der Waals surface area contributed by atoms with Crippen molar-refractivity contribution in [1.29, 1.82) is 0 Å². The minimum atomic E-state index is -2.62. The molecule has 0 aromatic carbocycles. The summed E-state index contributed by atoms with van der Waals surface area (Å²) in [5.41, 5.74) is 6.77. The molecule has 0 unspecified atom stereocenters. The van der Waals surface area contributed by atoms with Gasteiger partial charge in [-0.2, -0.15) is 5.10 Å². The van der Waals surface area contributed by atoms with E-state index in [0.29, 0.717) is 24.6 Å². The van der Waals surface area contributed by atoms with Crippen molar-refractivity contribution in [2.24, 2.45) is 0 Å². The Kier molecular flexibility index (Phi) is 6.93. The van der Waals surface area contributed by atoms with Crippen molar-refractivity contribution in [1.82, 2.24) is 39.9 Å². The number of nitrogens with one attached hydrogen (secondary N) is 2. The number of fused-ring (bicyclic) bond motifs is 2. The highest BCUT2D eigenvalue weighted by molar-refractivity contribution is 5.95. The Morgan fingerprint density at radius 3 is 2.70 bits per heavy atom. The van der Waals surface area contributed by atoms with Gasteiger partial charge in [0.2, 0.25) is 0 Å². The second-order valence-corrected chi connectivity index (χ2v) is 10.6. The molecule has 208 valence electrons. The number of likely N-dealkylation sites (N-methyl/N-ethyl adjacent to an activating group) is 1. The van der Waals surface area contributed by atoms with Crippen LogP contribution in [0.5, 0.6) is 0 Å². The summed E-state index contributed by atoms with van der Waals surface area (Å²) < 4.78 is 27.4. The van der Waals surface area contributed by atoms with Crippen LogP contribution in [0, 0.1) is 0 Å². The molecule has 0 bridgehead atoms. The zero-order valence-corrected chi connectivity index (χ0v) is 22.8. The van der Waals surface area contributed by atoms with Gasteiger partial charge in [0.25, 0.3) is 5.92 Å². The topological polar surface area (TPSA) is 92.9 Å². The highest BCUT2D eigenvalue weighted by Gasteiger charge is 2.38. The minimum Gasteiger partial charge on any atom is -0.366 e. The van der Waals surface area contributed by atoms with Crippen molar-refractivity contribution in [3.8, 4) is 11.5 Å². The van der Waals surface area contributed by atoms with Gasteiger partial charge >= 0.3 is 0 Å². The third-order valence-corrected chi connectivity index (χ3v) is 7.77. The van der Waals surface area contributed by atoms with Crippen molar-refractivity contribution in [2.75, 3.05) is 57.8 Å². The number of piperazine rings is 1. The predicted molar refractivity (Wildman–Crippen MR) is 154 cm³/mol. The van der Waals surface area contributed by atoms with Gasteiger partial charge in [0.15, 0.2) is 11.5 Å². The van der Waals surface area contributed by atoms with Crippen LogP contribution in [0.25, 0.3) is 39.2 Å². The lowest BCUT2D eigenvalue weighted by Gasteiger charge is -2.33. The lowest BCUT2D eigenvalue weighted by Crippen LogP contribution is -2.44. The molecule has 9 nitrogen and oxygen atoms in total. The fourth-order valence-corrected chi connectivity index (χ4v) is 5.46. The molecule has 11 heteroatoms. The molecular formula is C29H33F2N9. The first-order valence-electron chi connectivity index (χ1n) is 13.5. The molecule has 0 atom stereocenters. The van der Waals surface area contributed by atoms with Crippen LogP contribution in [-0.2, 0) is 0 Å². The molecule has 0 aliphatic carbocycles. The molecule has 2 aliphatic rings. The smallest absolute Gasteiger partial charge is 0.261 e. The molecule has 0 spiro atoms. The Morgan fingerprint density at radius 1 is 1.15 bits per heavy atom. The van der Waals surface area contributed by atoms with Crippen LogP contribution >= 0.6 is 0 Å². The van der Waals surface area contributed by atoms with Crippen molar-refractivity contribution in [2.45, 2.75) is 19.3 Å². The van der Waals surface area contributed by atoms with E-state index in [1.54, 1.807) is 23.4 Å². The normalized spacial score (nSPS) is 19.2. The van der Waals surface area contributed by atoms with E-state index < -0.39 is 5.92 Å². The molecule has 4 aromatic heterocycles. The fraction of sp³-hybridized carbons (Fsp3) is 0.379. The van der Waals surface area contributed by atoms with Crippen LogP contribution in [0.2, 0.25) is 0 Å². The fourth-order valence-electron chi connectivity index (χ4n) is 5.46. The number of hydrogen-bond acceptors (Lipinski definition) is 7. The molecule has 2 saturated heterocycles. The van der Waals surface area contributed by atoms with Crippen molar-refractivity contribution in [3.63, 3.8) is 0 Å². The SMILES string of the molecule is C=CC(=CC(=CC)c1cnc2n[nH]c(-c3nc4c(N5CCN(C)CC5)cncc4[nH]3)c2c1)CN1CCC(F)(F)C1. The number of alkyl halides is 2. The van der Waals surface area contributed by atoms with Crippen LogP contribution in [0.15, 0.2) is 55.0 Å². The van der Waals surface area contributed by atoms with Crippen molar-refractivity contribution >= 4 is 33.3 Å². The van der Waals surface area contributed by atoms with Crippen LogP contribution in [-0.4, -0.2) is 98.7 Å². The summed E-state index contributed by atoms with van der Waals surface area (Å²) in [7, 11) is 2.14. The zero-order valence-electron chi connectivity index (χ0n) is 22.8. The van der Waals surface area contributed by atoms with E-state index in [-0.39, 0.29) is 13.0 Å². The number of aromatic amines is 2. The summed E-state index contributed by atoms with van der Waals surface area (Å²) in [6, 6.07) is 2.03. The number of H-pyrrole nitrogens is 2. The molecule has 0 radical (unpaired) electrons. The van der Waals surface area contributed by atoms with Gasteiger partial charge in [0, 0.05) is 57.4 Å². The summed E-state index contributed by atoms with van der Waals surface area (Å²) >= 11 is 0. The number of halogens is 2. The first-order valence-corrected chi connectivity index (χ1v) is 13.5. The number of likely N-dealkylation sites (tertiary alicyclic amines) is 1. The summed E-state index contributed by atoms with van der Waals surface area (Å²) in [5.74, 6) is -1.96. The van der Waals surface area contributed by atoms with E-state index in [0.717, 1.165) is 70.7 Å². The second-order valence-electron chi connectivity index (χ2n) is 10.6. The maximum absolute atomic E-state index is 13.7. The van der Waals surface area contributed by atoms with Crippen LogP contribution in [0.4, 0.5) is 14.5 Å². The Morgan fingerprint density at radius 2 is 1.98 bits per heavy atom. The largest absolute Gasteiger partial charge is 0.366 e. The van der Waals surface area contributed by atoms with Crippen molar-refractivity contribution < 1.29 is 8.78 Å². The number of anilines is 1. The molecule has 2 fully saturated rings. The van der Waals surface area contributed by atoms with E-state index in [1.165, 1.54) is 0 Å². The number of pyridine rings is 2. The minimum absolute atomic E-state index is 0.105. The Bertz CT molecular complexity index is 1610. The summed E-state index contributed by atoms with van der Waals surface area (Å²) in [6.45, 7) is 10.3. The van der Waals surface area contributed by atoms with Crippen LogP contribution in [0.3, 0.4) is 0 Å². The van der Waals surface area contributed by atoms with Gasteiger partial charge in [-0.05, 0) is 31.2 Å². The molecule has 0 saturated carbocycles. The van der Waals surface area contributed by atoms with Gasteiger partial charge in [-0.25, -0.2) is 18.7 Å². The number of imidazole rings is 1. The van der Waals surface area contributed by atoms with Gasteiger partial charge in [0.1, 0.15) is 11.2 Å². The monoisotopic (exact) mass is 545 g/mol. The molecule has 6 rings (SSSR count). The molecule has 6 heterocycles. The van der Waals surface area contributed by atoms with Crippen LogP contribution < -0.4 is 4.90 Å². The van der Waals surface area contributed by atoms with Gasteiger partial charge < -0.3 is 14.8 Å². The number of allylic oxidation sites excluding steroid dienone is 3. The summed E-state index contributed by atoms with van der Waals surface area (Å²) in [6.07, 6.45) is 11.1. The lowest BCUT2D eigenvalue weighted by molar-refractivity contribution is 0.0131. The average molecular weight is 546 g/mol. The first-order chi connectivity index (χ1) is 19.3. The second kappa shape index (κ2) is 10.5. The first kappa shape index (κ1) is 26.3. The third kappa shape index (κ3) is 5.14. The van der Waals surface area contributed by atoms with E-state index in [2.05, 4.69) is 48.6 Å². The number of rotatable bonds is 7. The number of hydrogen-bond donors (Lipinski definition) is 2. The Labute approximate surface area is 231 Å². The Hall–Kier alpha value is -3.96. The van der Waals surface area contributed by atoms with Crippen molar-refractivity contribution in [3.05, 3.63) is 60.6 Å². The van der Waals surface area contributed by atoms with Gasteiger partial charge in [0.05, 0.1) is 35.5 Å².